The molecule has 0 saturated carbocycles. The molecule has 0 bridgehead atoms. The molecule has 0 aromatic heterocycles. The van der Waals surface area contributed by atoms with Crippen molar-refractivity contribution in [2.24, 2.45) is 4.99 Å². The van der Waals surface area contributed by atoms with Crippen LogP contribution in [0.15, 0.2) is 4.99 Å². The molecular weight excluding hydrogens is 333 g/mol. The van der Waals surface area contributed by atoms with Crippen LogP contribution in [-0.4, -0.2) is 52.5 Å². The molecule has 0 amide bonds. The number of methoxy groups -OCH3 is 2. The zero-order valence-corrected chi connectivity index (χ0v) is 13.8. The fraction of sp³-hybridized carbons (Fsp3) is 0.909. The Morgan fingerprint density at radius 1 is 1.24 bits per heavy atom. The summed E-state index contributed by atoms with van der Waals surface area (Å²) in [7, 11) is 5.16. The number of rotatable bonds is 7. The van der Waals surface area contributed by atoms with Gasteiger partial charge in [-0.2, -0.15) is 0 Å². The second-order valence-electron chi connectivity index (χ2n) is 4.16. The maximum atomic E-state index is 5.31. The third-order valence-corrected chi connectivity index (χ3v) is 2.28. The van der Waals surface area contributed by atoms with Gasteiger partial charge in [0.25, 0.3) is 0 Å². The Labute approximate surface area is 122 Å². The van der Waals surface area contributed by atoms with Gasteiger partial charge in [-0.1, -0.05) is 0 Å². The van der Waals surface area contributed by atoms with Crippen LogP contribution in [-0.2, 0) is 9.47 Å². The number of nitrogens with one attached hydrogen (secondary N) is 2. The van der Waals surface area contributed by atoms with E-state index in [0.29, 0.717) is 6.54 Å². The molecule has 0 aliphatic heterocycles. The molecule has 0 atom stereocenters. The Morgan fingerprint density at radius 2 is 1.88 bits per heavy atom. The first-order valence-corrected chi connectivity index (χ1v) is 5.54. The molecule has 17 heavy (non-hydrogen) atoms. The zero-order chi connectivity index (χ0) is 12.4. The molecule has 0 aliphatic rings. The average molecular weight is 359 g/mol. The summed E-state index contributed by atoms with van der Waals surface area (Å²) in [5.74, 6) is 0.793. The van der Waals surface area contributed by atoms with Gasteiger partial charge in [-0.05, 0) is 20.3 Å². The average Bonchev–Trinajstić information content (AvgIpc) is 2.28. The van der Waals surface area contributed by atoms with Crippen molar-refractivity contribution < 1.29 is 9.47 Å². The van der Waals surface area contributed by atoms with Crippen LogP contribution < -0.4 is 10.6 Å². The number of aliphatic imine (C=N–C) groups is 1. The minimum absolute atomic E-state index is 0. The molecule has 0 fully saturated rings. The van der Waals surface area contributed by atoms with Crippen molar-refractivity contribution in [2.75, 3.05) is 41.0 Å². The van der Waals surface area contributed by atoms with E-state index in [9.17, 15) is 0 Å². The van der Waals surface area contributed by atoms with Crippen molar-refractivity contribution in [2.45, 2.75) is 25.9 Å². The normalized spacial score (nSPS) is 11.9. The van der Waals surface area contributed by atoms with E-state index in [2.05, 4.69) is 15.6 Å². The Kier molecular flexibility index (Phi) is 12.5. The van der Waals surface area contributed by atoms with E-state index in [0.717, 1.165) is 25.5 Å². The van der Waals surface area contributed by atoms with E-state index in [1.54, 1.807) is 21.3 Å². The highest BCUT2D eigenvalue weighted by atomic mass is 127. The lowest BCUT2D eigenvalue weighted by Gasteiger charge is -2.24. The number of hydrogen-bond donors (Lipinski definition) is 2. The van der Waals surface area contributed by atoms with Crippen LogP contribution in [0.1, 0.15) is 20.3 Å². The number of ether oxygens (including phenoxy) is 2. The monoisotopic (exact) mass is 359 g/mol. The van der Waals surface area contributed by atoms with Crippen molar-refractivity contribution in [3.63, 3.8) is 0 Å². The lowest BCUT2D eigenvalue weighted by Crippen LogP contribution is -2.45. The van der Waals surface area contributed by atoms with Crippen LogP contribution in [0.5, 0.6) is 0 Å². The van der Waals surface area contributed by atoms with E-state index in [-0.39, 0.29) is 29.6 Å². The summed E-state index contributed by atoms with van der Waals surface area (Å²) >= 11 is 0. The quantitative estimate of drug-likeness (QED) is 0.311. The van der Waals surface area contributed by atoms with Crippen molar-refractivity contribution in [1.82, 2.24) is 10.6 Å². The summed E-state index contributed by atoms with van der Waals surface area (Å²) in [6.07, 6.45) is 0.963. The molecule has 104 valence electrons. The summed E-state index contributed by atoms with van der Waals surface area (Å²) in [4.78, 5) is 4.12. The van der Waals surface area contributed by atoms with Crippen molar-refractivity contribution in [3.05, 3.63) is 0 Å². The fourth-order valence-corrected chi connectivity index (χ4v) is 1.01. The van der Waals surface area contributed by atoms with E-state index in [1.165, 1.54) is 0 Å². The van der Waals surface area contributed by atoms with Gasteiger partial charge >= 0.3 is 0 Å². The van der Waals surface area contributed by atoms with Crippen LogP contribution in [0.2, 0.25) is 0 Å². The molecule has 0 radical (unpaired) electrons. The smallest absolute Gasteiger partial charge is 0.191 e. The summed E-state index contributed by atoms with van der Waals surface area (Å²) in [6.45, 7) is 6.37. The van der Waals surface area contributed by atoms with Gasteiger partial charge in [-0.15, -0.1) is 24.0 Å². The van der Waals surface area contributed by atoms with Crippen LogP contribution in [0.4, 0.5) is 0 Å². The second-order valence-corrected chi connectivity index (χ2v) is 4.16. The third-order valence-electron chi connectivity index (χ3n) is 2.28. The van der Waals surface area contributed by atoms with E-state index in [4.69, 9.17) is 9.47 Å². The minimum atomic E-state index is -0.190. The SMILES string of the molecule is CN=C(NCCCOC)NCC(C)(C)OC.I. The first-order valence-electron chi connectivity index (χ1n) is 5.54. The van der Waals surface area contributed by atoms with Gasteiger partial charge in [0.2, 0.25) is 0 Å². The molecular formula is C11H26IN3O2. The summed E-state index contributed by atoms with van der Waals surface area (Å²) < 4.78 is 10.3. The molecule has 0 aliphatic carbocycles. The fourth-order valence-electron chi connectivity index (χ4n) is 1.01. The molecule has 0 rings (SSSR count). The second kappa shape index (κ2) is 11.0. The zero-order valence-electron chi connectivity index (χ0n) is 11.5. The minimum Gasteiger partial charge on any atom is -0.385 e. The van der Waals surface area contributed by atoms with Gasteiger partial charge in [-0.3, -0.25) is 4.99 Å². The van der Waals surface area contributed by atoms with Crippen molar-refractivity contribution in [1.29, 1.82) is 0 Å². The summed E-state index contributed by atoms with van der Waals surface area (Å²) in [5, 5.41) is 6.41. The lowest BCUT2D eigenvalue weighted by molar-refractivity contribution is 0.0268. The predicted octanol–water partition coefficient (Wildman–Crippen LogP) is 1.23. The number of halogens is 1. The molecule has 5 nitrogen and oxygen atoms in total. The van der Waals surface area contributed by atoms with E-state index in [1.807, 2.05) is 13.8 Å². The van der Waals surface area contributed by atoms with Crippen LogP contribution in [0.25, 0.3) is 0 Å². The van der Waals surface area contributed by atoms with Gasteiger partial charge in [0.15, 0.2) is 5.96 Å². The first-order chi connectivity index (χ1) is 7.55. The Hall–Kier alpha value is -0.0800. The highest BCUT2D eigenvalue weighted by Crippen LogP contribution is 2.04. The van der Waals surface area contributed by atoms with E-state index < -0.39 is 0 Å². The predicted molar refractivity (Wildman–Crippen MR) is 82.4 cm³/mol. The molecule has 0 aromatic rings. The molecule has 0 aromatic carbocycles. The van der Waals surface area contributed by atoms with Gasteiger partial charge in [-0.25, -0.2) is 0 Å². The highest BCUT2D eigenvalue weighted by molar-refractivity contribution is 14.0. The molecule has 0 spiro atoms. The number of nitrogens with zero attached hydrogens (tertiary/aromatic N) is 1. The van der Waals surface area contributed by atoms with Gasteiger partial charge in [0.1, 0.15) is 0 Å². The Bertz CT molecular complexity index is 211. The van der Waals surface area contributed by atoms with Crippen molar-refractivity contribution >= 4 is 29.9 Å². The van der Waals surface area contributed by atoms with Crippen LogP contribution >= 0.6 is 24.0 Å². The van der Waals surface area contributed by atoms with Crippen LogP contribution in [0.3, 0.4) is 0 Å². The van der Waals surface area contributed by atoms with E-state index >= 15 is 0 Å². The molecule has 0 saturated heterocycles. The largest absolute Gasteiger partial charge is 0.385 e. The Balaban J connectivity index is 0. The molecule has 0 unspecified atom stereocenters. The Morgan fingerprint density at radius 3 is 2.35 bits per heavy atom. The van der Waals surface area contributed by atoms with Gasteiger partial charge < -0.3 is 20.1 Å². The number of guanidine groups is 1. The van der Waals surface area contributed by atoms with Gasteiger partial charge in [0, 0.05) is 41.0 Å². The number of hydrogen-bond acceptors (Lipinski definition) is 3. The van der Waals surface area contributed by atoms with Gasteiger partial charge in [0.05, 0.1) is 5.60 Å². The maximum absolute atomic E-state index is 5.31. The standard InChI is InChI=1S/C11H25N3O2.HI/c1-11(2,16-5)9-14-10(12-3)13-7-6-8-15-4;/h6-9H2,1-5H3,(H2,12,13,14);1H. The summed E-state index contributed by atoms with van der Waals surface area (Å²) in [5.41, 5.74) is -0.190. The third kappa shape index (κ3) is 10.8. The molecule has 6 heteroatoms. The van der Waals surface area contributed by atoms with Crippen molar-refractivity contribution in [3.8, 4) is 0 Å². The summed E-state index contributed by atoms with van der Waals surface area (Å²) in [6, 6.07) is 0. The molecule has 2 N–H and O–H groups in total. The molecule has 0 heterocycles. The van der Waals surface area contributed by atoms with Crippen LogP contribution in [0, 0.1) is 0 Å². The highest BCUT2D eigenvalue weighted by Gasteiger charge is 2.16. The topological polar surface area (TPSA) is 54.9 Å². The lowest BCUT2D eigenvalue weighted by atomic mass is 10.1. The maximum Gasteiger partial charge on any atom is 0.191 e. The first kappa shape index (κ1) is 19.3.